The lowest BCUT2D eigenvalue weighted by molar-refractivity contribution is 0.0600. The van der Waals surface area contributed by atoms with Crippen molar-refractivity contribution in [2.75, 3.05) is 6.54 Å². The number of phenolic OH excluding ortho intramolecular Hbond substituents is 1. The topological polar surface area (TPSA) is 40.5 Å². The van der Waals surface area contributed by atoms with Gasteiger partial charge in [0, 0.05) is 18.2 Å². The van der Waals surface area contributed by atoms with Gasteiger partial charge in [0.2, 0.25) is 0 Å². The van der Waals surface area contributed by atoms with Gasteiger partial charge in [0.15, 0.2) is 0 Å². The fourth-order valence-electron chi connectivity index (χ4n) is 2.71. The van der Waals surface area contributed by atoms with Gasteiger partial charge in [-0.05, 0) is 43.9 Å². The Kier molecular flexibility index (Phi) is 4.70. The van der Waals surface area contributed by atoms with E-state index in [0.29, 0.717) is 11.6 Å². The molecule has 0 aliphatic carbocycles. The van der Waals surface area contributed by atoms with Gasteiger partial charge in [0.1, 0.15) is 5.75 Å². The lowest BCUT2D eigenvalue weighted by atomic mass is 9.97. The van der Waals surface area contributed by atoms with Crippen LogP contribution in [0.4, 0.5) is 0 Å². The zero-order chi connectivity index (χ0) is 13.8. The highest BCUT2D eigenvalue weighted by Crippen LogP contribution is 2.27. The summed E-state index contributed by atoms with van der Waals surface area (Å²) in [7, 11) is 0. The Bertz CT molecular complexity index is 459. The van der Waals surface area contributed by atoms with Crippen molar-refractivity contribution in [1.29, 1.82) is 0 Å². The van der Waals surface area contributed by atoms with Gasteiger partial charge < -0.3 is 10.0 Å². The largest absolute Gasteiger partial charge is 0.506 e. The normalized spacial score (nSPS) is 19.5. The Morgan fingerprint density at radius 1 is 1.47 bits per heavy atom. The summed E-state index contributed by atoms with van der Waals surface area (Å²) < 4.78 is 0. The summed E-state index contributed by atoms with van der Waals surface area (Å²) in [5.41, 5.74) is 0.561. The molecule has 3 nitrogen and oxygen atoms in total. The van der Waals surface area contributed by atoms with E-state index in [0.717, 1.165) is 32.2 Å². The van der Waals surface area contributed by atoms with E-state index in [1.54, 1.807) is 12.1 Å². The number of phenols is 1. The predicted molar refractivity (Wildman–Crippen MR) is 76.7 cm³/mol. The van der Waals surface area contributed by atoms with Gasteiger partial charge in [-0.25, -0.2) is 0 Å². The molecule has 19 heavy (non-hydrogen) atoms. The molecular formula is C15H20ClNO2. The second kappa shape index (κ2) is 6.29. The van der Waals surface area contributed by atoms with E-state index in [-0.39, 0.29) is 16.7 Å². The predicted octanol–water partition coefficient (Wildman–Crippen LogP) is 3.84. The summed E-state index contributed by atoms with van der Waals surface area (Å²) in [6, 6.07) is 5.02. The quantitative estimate of drug-likeness (QED) is 0.914. The van der Waals surface area contributed by atoms with Crippen LogP contribution in [0.5, 0.6) is 5.75 Å². The zero-order valence-electron chi connectivity index (χ0n) is 11.2. The Balaban J connectivity index is 2.18. The molecule has 1 aromatic carbocycles. The molecule has 1 heterocycles. The second-order valence-corrected chi connectivity index (χ2v) is 5.51. The van der Waals surface area contributed by atoms with Crippen LogP contribution in [0, 0.1) is 0 Å². The first-order chi connectivity index (χ1) is 9.13. The van der Waals surface area contributed by atoms with Crippen molar-refractivity contribution >= 4 is 17.5 Å². The van der Waals surface area contributed by atoms with Crippen LogP contribution in [0.15, 0.2) is 18.2 Å². The number of carbonyl (C=O) groups excluding carboxylic acids is 1. The van der Waals surface area contributed by atoms with E-state index < -0.39 is 0 Å². The molecule has 1 aliphatic rings. The van der Waals surface area contributed by atoms with Crippen LogP contribution in [-0.4, -0.2) is 28.5 Å². The van der Waals surface area contributed by atoms with Crippen LogP contribution in [0.2, 0.25) is 5.02 Å². The third-order valence-electron chi connectivity index (χ3n) is 3.70. The third kappa shape index (κ3) is 3.21. The summed E-state index contributed by atoms with van der Waals surface area (Å²) >= 11 is 5.87. The lowest BCUT2D eigenvalue weighted by Crippen LogP contribution is -2.43. The van der Waals surface area contributed by atoms with Gasteiger partial charge in [-0.3, -0.25) is 4.79 Å². The van der Waals surface area contributed by atoms with Gasteiger partial charge in [-0.15, -0.1) is 0 Å². The third-order valence-corrected chi connectivity index (χ3v) is 4.01. The number of hydrogen-bond acceptors (Lipinski definition) is 2. The average molecular weight is 282 g/mol. The van der Waals surface area contributed by atoms with Crippen molar-refractivity contribution in [3.05, 3.63) is 28.8 Å². The summed E-state index contributed by atoms with van der Waals surface area (Å²) in [6.45, 7) is 2.97. The smallest absolute Gasteiger partial charge is 0.254 e. The Hall–Kier alpha value is -1.22. The van der Waals surface area contributed by atoms with Crippen molar-refractivity contribution in [1.82, 2.24) is 4.90 Å². The van der Waals surface area contributed by atoms with E-state index in [9.17, 15) is 9.90 Å². The maximum atomic E-state index is 12.5. The molecule has 1 atom stereocenters. The number of likely N-dealkylation sites (tertiary alicyclic amines) is 1. The number of carbonyl (C=O) groups is 1. The summed E-state index contributed by atoms with van der Waals surface area (Å²) in [4.78, 5) is 14.5. The molecule has 1 amide bonds. The molecule has 2 rings (SSSR count). The summed E-state index contributed by atoms with van der Waals surface area (Å²) in [5, 5.41) is 9.65. The van der Waals surface area contributed by atoms with Crippen molar-refractivity contribution < 1.29 is 9.90 Å². The maximum Gasteiger partial charge on any atom is 0.254 e. The number of amides is 1. The molecule has 0 spiro atoms. The number of benzene rings is 1. The maximum absolute atomic E-state index is 12.5. The van der Waals surface area contributed by atoms with Crippen LogP contribution >= 0.6 is 11.6 Å². The van der Waals surface area contributed by atoms with Gasteiger partial charge in [-0.2, -0.15) is 0 Å². The summed E-state index contributed by atoms with van der Waals surface area (Å²) in [5.74, 6) is 0.0435. The molecule has 1 unspecified atom stereocenters. The van der Waals surface area contributed by atoms with Crippen LogP contribution in [0.1, 0.15) is 49.4 Å². The van der Waals surface area contributed by atoms with Gasteiger partial charge in [0.25, 0.3) is 5.91 Å². The molecule has 4 heteroatoms. The van der Waals surface area contributed by atoms with Crippen molar-refractivity contribution in [2.45, 2.75) is 45.1 Å². The molecule has 1 fully saturated rings. The zero-order valence-corrected chi connectivity index (χ0v) is 12.0. The molecule has 0 radical (unpaired) electrons. The van der Waals surface area contributed by atoms with Crippen LogP contribution in [0.25, 0.3) is 0 Å². The molecule has 0 bridgehead atoms. The average Bonchev–Trinajstić information content (AvgIpc) is 2.42. The highest BCUT2D eigenvalue weighted by atomic mass is 35.5. The fraction of sp³-hybridized carbons (Fsp3) is 0.533. The number of nitrogens with zero attached hydrogens (tertiary/aromatic N) is 1. The van der Waals surface area contributed by atoms with E-state index >= 15 is 0 Å². The Morgan fingerprint density at radius 2 is 2.26 bits per heavy atom. The minimum atomic E-state index is 0.0157. The number of rotatable bonds is 3. The molecule has 104 valence electrons. The van der Waals surface area contributed by atoms with Gasteiger partial charge >= 0.3 is 0 Å². The van der Waals surface area contributed by atoms with Crippen molar-refractivity contribution in [3.8, 4) is 5.75 Å². The van der Waals surface area contributed by atoms with Gasteiger partial charge in [-0.1, -0.05) is 24.9 Å². The van der Waals surface area contributed by atoms with Gasteiger partial charge in [0.05, 0.1) is 5.02 Å². The van der Waals surface area contributed by atoms with Crippen molar-refractivity contribution in [3.63, 3.8) is 0 Å². The van der Waals surface area contributed by atoms with E-state index in [4.69, 9.17) is 11.6 Å². The standard InChI is InChI=1S/C15H20ClNO2/c1-2-5-12-6-3-4-9-17(12)15(19)11-7-8-14(18)13(16)10-11/h7-8,10,12,18H,2-6,9H2,1H3. The fourth-order valence-corrected chi connectivity index (χ4v) is 2.89. The molecule has 0 saturated carbocycles. The highest BCUT2D eigenvalue weighted by Gasteiger charge is 2.26. The highest BCUT2D eigenvalue weighted by molar-refractivity contribution is 6.32. The SMILES string of the molecule is CCCC1CCCCN1C(=O)c1ccc(O)c(Cl)c1. The monoisotopic (exact) mass is 281 g/mol. The first-order valence-corrected chi connectivity index (χ1v) is 7.30. The first-order valence-electron chi connectivity index (χ1n) is 6.93. The first kappa shape index (κ1) is 14.2. The van der Waals surface area contributed by atoms with Crippen LogP contribution in [0.3, 0.4) is 0 Å². The molecule has 1 aliphatic heterocycles. The van der Waals surface area contributed by atoms with Crippen LogP contribution < -0.4 is 0 Å². The molecule has 1 saturated heterocycles. The van der Waals surface area contributed by atoms with Crippen LogP contribution in [-0.2, 0) is 0 Å². The number of halogens is 1. The van der Waals surface area contributed by atoms with E-state index in [1.807, 2.05) is 4.90 Å². The van der Waals surface area contributed by atoms with Crippen molar-refractivity contribution in [2.24, 2.45) is 0 Å². The minimum absolute atomic E-state index is 0.0157. The molecule has 1 N–H and O–H groups in total. The Labute approximate surface area is 119 Å². The van der Waals surface area contributed by atoms with E-state index in [2.05, 4.69) is 6.92 Å². The van der Waals surface area contributed by atoms with E-state index in [1.165, 1.54) is 12.5 Å². The molecule has 0 aromatic heterocycles. The second-order valence-electron chi connectivity index (χ2n) is 5.10. The number of aromatic hydroxyl groups is 1. The lowest BCUT2D eigenvalue weighted by Gasteiger charge is -2.36. The Morgan fingerprint density at radius 3 is 2.95 bits per heavy atom. The summed E-state index contributed by atoms with van der Waals surface area (Å²) in [6.07, 6.45) is 5.50. The number of hydrogen-bond donors (Lipinski definition) is 1. The molecule has 1 aromatic rings. The molecular weight excluding hydrogens is 262 g/mol. The minimum Gasteiger partial charge on any atom is -0.506 e. The number of piperidine rings is 1.